The van der Waals surface area contributed by atoms with Crippen molar-refractivity contribution in [3.05, 3.63) is 83.9 Å². The minimum absolute atomic E-state index is 0.136. The number of carbonyl (C=O) groups is 2. The second kappa shape index (κ2) is 8.25. The van der Waals surface area contributed by atoms with E-state index < -0.39 is 0 Å². The van der Waals surface area contributed by atoms with Gasteiger partial charge in [0.15, 0.2) is 0 Å². The third-order valence-electron chi connectivity index (χ3n) is 5.18. The molecule has 0 aliphatic carbocycles. The van der Waals surface area contributed by atoms with E-state index in [1.165, 1.54) is 17.0 Å². The minimum atomic E-state index is -0.205. The lowest BCUT2D eigenvalue weighted by molar-refractivity contribution is -0.111. The van der Waals surface area contributed by atoms with Crippen molar-refractivity contribution in [2.45, 2.75) is 13.5 Å². The molecule has 1 heterocycles. The van der Waals surface area contributed by atoms with Crippen LogP contribution in [0.5, 0.6) is 0 Å². The van der Waals surface area contributed by atoms with Crippen LogP contribution in [0.15, 0.2) is 72.8 Å². The highest BCUT2D eigenvalue weighted by Gasteiger charge is 2.10. The van der Waals surface area contributed by atoms with Gasteiger partial charge in [0.25, 0.3) is 5.91 Å². The highest BCUT2D eigenvalue weighted by atomic mass is 16.2. The summed E-state index contributed by atoms with van der Waals surface area (Å²) in [5.41, 5.74) is 4.53. The number of rotatable bonds is 5. The summed E-state index contributed by atoms with van der Waals surface area (Å²) in [6, 6.07) is 21.4. The Morgan fingerprint density at radius 3 is 2.40 bits per heavy atom. The molecule has 0 bridgehead atoms. The zero-order chi connectivity index (χ0) is 21.1. The van der Waals surface area contributed by atoms with E-state index in [9.17, 15) is 9.59 Å². The molecule has 0 saturated heterocycles. The second-order valence-electron chi connectivity index (χ2n) is 7.02. The van der Waals surface area contributed by atoms with E-state index in [0.29, 0.717) is 5.56 Å². The molecule has 30 heavy (non-hydrogen) atoms. The number of nitrogens with one attached hydrogen (secondary N) is 2. The summed E-state index contributed by atoms with van der Waals surface area (Å²) in [6.07, 6.45) is 3.22. The topological polar surface area (TPSA) is 63.1 Å². The fourth-order valence-corrected chi connectivity index (χ4v) is 3.72. The van der Waals surface area contributed by atoms with Crippen LogP contribution in [0.3, 0.4) is 0 Å². The first-order valence-corrected chi connectivity index (χ1v) is 9.93. The maximum Gasteiger partial charge on any atom is 0.251 e. The molecule has 1 aromatic heterocycles. The Balaban J connectivity index is 1.54. The smallest absolute Gasteiger partial charge is 0.251 e. The Hall–Kier alpha value is -3.86. The number of hydrogen-bond donors (Lipinski definition) is 2. The highest BCUT2D eigenvalue weighted by Crippen LogP contribution is 2.30. The van der Waals surface area contributed by atoms with Gasteiger partial charge in [0.1, 0.15) is 0 Å². The zero-order valence-corrected chi connectivity index (χ0v) is 17.0. The van der Waals surface area contributed by atoms with Crippen molar-refractivity contribution < 1.29 is 9.59 Å². The molecule has 4 aromatic rings. The van der Waals surface area contributed by atoms with Crippen molar-refractivity contribution in [1.82, 2.24) is 9.88 Å². The zero-order valence-electron chi connectivity index (χ0n) is 17.0. The Morgan fingerprint density at radius 2 is 1.67 bits per heavy atom. The molecule has 0 unspecified atom stereocenters. The first-order chi connectivity index (χ1) is 14.6. The van der Waals surface area contributed by atoms with Crippen molar-refractivity contribution >= 4 is 45.4 Å². The number of para-hydroxylation sites is 1. The average molecular weight is 397 g/mol. The predicted octanol–water partition coefficient (Wildman–Crippen LogP) is 4.83. The molecule has 2 amide bonds. The maximum absolute atomic E-state index is 12.4. The molecule has 2 N–H and O–H groups in total. The van der Waals surface area contributed by atoms with E-state index >= 15 is 0 Å². The van der Waals surface area contributed by atoms with E-state index in [-0.39, 0.29) is 11.8 Å². The summed E-state index contributed by atoms with van der Waals surface area (Å²) in [7, 11) is 1.60. The summed E-state index contributed by atoms with van der Waals surface area (Å²) in [5, 5.41) is 7.82. The molecule has 150 valence electrons. The van der Waals surface area contributed by atoms with Gasteiger partial charge in [-0.1, -0.05) is 30.3 Å². The first-order valence-electron chi connectivity index (χ1n) is 9.93. The minimum Gasteiger partial charge on any atom is -0.355 e. The van der Waals surface area contributed by atoms with Crippen molar-refractivity contribution in [1.29, 1.82) is 0 Å². The van der Waals surface area contributed by atoms with E-state index in [2.05, 4.69) is 40.3 Å². The number of benzene rings is 3. The average Bonchev–Trinajstić information content (AvgIpc) is 3.10. The highest BCUT2D eigenvalue weighted by molar-refractivity contribution is 6.10. The Labute approximate surface area is 175 Å². The van der Waals surface area contributed by atoms with Crippen LogP contribution in [0.4, 0.5) is 5.69 Å². The molecule has 5 heteroatoms. The van der Waals surface area contributed by atoms with Gasteiger partial charge in [0.2, 0.25) is 5.91 Å². The Morgan fingerprint density at radius 1 is 0.933 bits per heavy atom. The summed E-state index contributed by atoms with van der Waals surface area (Å²) in [6.45, 7) is 3.02. The number of amides is 2. The van der Waals surface area contributed by atoms with Crippen molar-refractivity contribution in [3.8, 4) is 0 Å². The normalized spacial score (nSPS) is 11.3. The lowest BCUT2D eigenvalue weighted by Gasteiger charge is -2.05. The van der Waals surface area contributed by atoms with Gasteiger partial charge in [0.05, 0.1) is 0 Å². The van der Waals surface area contributed by atoms with Crippen molar-refractivity contribution in [2.75, 3.05) is 12.4 Å². The van der Waals surface area contributed by atoms with Gasteiger partial charge in [-0.2, -0.15) is 0 Å². The lowest BCUT2D eigenvalue weighted by atomic mass is 10.1. The van der Waals surface area contributed by atoms with Crippen molar-refractivity contribution in [2.24, 2.45) is 0 Å². The summed E-state index contributed by atoms with van der Waals surface area (Å²) in [4.78, 5) is 24.0. The number of aromatic nitrogens is 1. The largest absolute Gasteiger partial charge is 0.355 e. The molecular formula is C25H23N3O2. The number of carbonyl (C=O) groups excluding carboxylic acids is 2. The maximum atomic E-state index is 12.4. The predicted molar refractivity (Wildman–Crippen MR) is 123 cm³/mol. The molecule has 0 atom stereocenters. The molecule has 0 spiro atoms. The molecule has 5 nitrogen and oxygen atoms in total. The number of nitrogens with zero attached hydrogens (tertiary/aromatic N) is 1. The van der Waals surface area contributed by atoms with Crippen LogP contribution in [0.2, 0.25) is 0 Å². The molecule has 0 aliphatic rings. The van der Waals surface area contributed by atoms with Crippen LogP contribution in [0, 0.1) is 0 Å². The first kappa shape index (κ1) is 19.5. The van der Waals surface area contributed by atoms with E-state index in [1.807, 2.05) is 24.3 Å². The standard InChI is InChI=1S/C25H23N3O2/c1-3-28-22-7-5-4-6-20(22)21-16-19(13-14-23(21)28)27-24(29)15-10-17-8-11-18(12-9-17)25(30)26-2/h4-16H,3H2,1-2H3,(H,26,30)(H,27,29)/b15-10+. The number of anilines is 1. The molecule has 0 radical (unpaired) electrons. The third-order valence-corrected chi connectivity index (χ3v) is 5.18. The number of fused-ring (bicyclic) bond motifs is 3. The Kier molecular flexibility index (Phi) is 5.35. The van der Waals surface area contributed by atoms with Gasteiger partial charge in [-0.05, 0) is 55.0 Å². The molecule has 0 fully saturated rings. The van der Waals surface area contributed by atoms with Gasteiger partial charge in [-0.3, -0.25) is 9.59 Å². The molecule has 4 rings (SSSR count). The fraction of sp³-hybridized carbons (Fsp3) is 0.120. The van der Waals surface area contributed by atoms with Crippen LogP contribution in [-0.4, -0.2) is 23.4 Å². The van der Waals surface area contributed by atoms with E-state index in [4.69, 9.17) is 0 Å². The number of hydrogen-bond acceptors (Lipinski definition) is 2. The monoisotopic (exact) mass is 397 g/mol. The summed E-state index contributed by atoms with van der Waals surface area (Å²) >= 11 is 0. The Bertz CT molecular complexity index is 1270. The fourth-order valence-electron chi connectivity index (χ4n) is 3.72. The van der Waals surface area contributed by atoms with Gasteiger partial charge in [-0.25, -0.2) is 0 Å². The quantitative estimate of drug-likeness (QED) is 0.474. The summed E-state index contributed by atoms with van der Waals surface area (Å²) < 4.78 is 2.28. The van der Waals surface area contributed by atoms with Crippen LogP contribution >= 0.6 is 0 Å². The molecule has 3 aromatic carbocycles. The third kappa shape index (κ3) is 3.70. The van der Waals surface area contributed by atoms with E-state index in [1.54, 1.807) is 37.4 Å². The lowest BCUT2D eigenvalue weighted by Crippen LogP contribution is -2.17. The van der Waals surface area contributed by atoms with Gasteiger partial charge in [0, 0.05) is 52.7 Å². The van der Waals surface area contributed by atoms with Crippen molar-refractivity contribution in [3.63, 3.8) is 0 Å². The van der Waals surface area contributed by atoms with Crippen LogP contribution < -0.4 is 10.6 Å². The molecule has 0 aliphatic heterocycles. The SMILES string of the molecule is CCn1c2ccccc2c2cc(NC(=O)/C=C/c3ccc(C(=O)NC)cc3)ccc21. The van der Waals surface area contributed by atoms with Crippen LogP contribution in [-0.2, 0) is 11.3 Å². The number of aryl methyl sites for hydroxylation is 1. The van der Waals surface area contributed by atoms with E-state index in [0.717, 1.165) is 28.7 Å². The van der Waals surface area contributed by atoms with Gasteiger partial charge in [-0.15, -0.1) is 0 Å². The molecule has 0 saturated carbocycles. The van der Waals surface area contributed by atoms with Gasteiger partial charge >= 0.3 is 0 Å². The second-order valence-corrected chi connectivity index (χ2v) is 7.02. The molecular weight excluding hydrogens is 374 g/mol. The summed E-state index contributed by atoms with van der Waals surface area (Å²) in [5.74, 6) is -0.341. The van der Waals surface area contributed by atoms with Crippen LogP contribution in [0.1, 0.15) is 22.8 Å². The van der Waals surface area contributed by atoms with Gasteiger partial charge < -0.3 is 15.2 Å². The van der Waals surface area contributed by atoms with Crippen LogP contribution in [0.25, 0.3) is 27.9 Å².